The van der Waals surface area contributed by atoms with Gasteiger partial charge in [0, 0.05) is 6.54 Å². The number of nitrogens with one attached hydrogen (secondary N) is 1. The van der Waals surface area contributed by atoms with E-state index < -0.39 is 6.10 Å². The minimum atomic E-state index is -0.421. The number of rotatable bonds is 7. The Balaban J connectivity index is 3.34. The van der Waals surface area contributed by atoms with E-state index in [9.17, 15) is 0 Å². The van der Waals surface area contributed by atoms with Gasteiger partial charge >= 0.3 is 0 Å². The minimum absolute atomic E-state index is 0.369. The van der Waals surface area contributed by atoms with Crippen molar-refractivity contribution < 1.29 is 5.11 Å². The summed E-state index contributed by atoms with van der Waals surface area (Å²) in [6.07, 6.45) is 4.44. The van der Waals surface area contributed by atoms with Crippen molar-refractivity contribution in [1.29, 1.82) is 0 Å². The van der Waals surface area contributed by atoms with Crippen molar-refractivity contribution in [3.63, 3.8) is 0 Å². The fraction of sp³-hybridized carbons (Fsp3) is 0.900. The number of aliphatic hydroxyl groups excluding tert-OH is 1. The van der Waals surface area contributed by atoms with Gasteiger partial charge in [0.1, 0.15) is 0 Å². The summed E-state index contributed by atoms with van der Waals surface area (Å²) < 4.78 is 0. The molecule has 0 spiro atoms. The summed E-state index contributed by atoms with van der Waals surface area (Å²) in [5.74, 6) is 0.433. The molecule has 0 aliphatic heterocycles. The molecular formula is C10H23N3O. The highest BCUT2D eigenvalue weighted by molar-refractivity contribution is 5.77. The first-order valence-electron chi connectivity index (χ1n) is 5.38. The molecule has 0 rings (SSSR count). The van der Waals surface area contributed by atoms with E-state index in [1.54, 1.807) is 6.92 Å². The number of aliphatic imine (C=N–C) groups is 1. The molecule has 0 aliphatic carbocycles. The quantitative estimate of drug-likeness (QED) is 0.325. The predicted octanol–water partition coefficient (Wildman–Crippen LogP) is 0.852. The first kappa shape index (κ1) is 13.2. The van der Waals surface area contributed by atoms with Crippen molar-refractivity contribution in [1.82, 2.24) is 5.32 Å². The molecular weight excluding hydrogens is 178 g/mol. The summed E-state index contributed by atoms with van der Waals surface area (Å²) in [5, 5.41) is 12.0. The maximum atomic E-state index is 8.95. The van der Waals surface area contributed by atoms with E-state index in [0.29, 0.717) is 12.5 Å². The zero-order valence-corrected chi connectivity index (χ0v) is 9.29. The molecule has 0 radical (unpaired) electrons. The van der Waals surface area contributed by atoms with Gasteiger partial charge in [-0.25, -0.2) is 0 Å². The molecule has 84 valence electrons. The number of hydrogen-bond donors (Lipinski definition) is 3. The second kappa shape index (κ2) is 8.81. The van der Waals surface area contributed by atoms with Gasteiger partial charge in [0.15, 0.2) is 5.96 Å². The topological polar surface area (TPSA) is 70.6 Å². The van der Waals surface area contributed by atoms with Gasteiger partial charge in [-0.3, -0.25) is 4.99 Å². The normalized spacial score (nSPS) is 14.1. The third-order valence-electron chi connectivity index (χ3n) is 1.86. The van der Waals surface area contributed by atoms with Crippen molar-refractivity contribution in [2.45, 2.75) is 45.6 Å². The summed E-state index contributed by atoms with van der Waals surface area (Å²) in [5.41, 5.74) is 5.56. The molecule has 4 heteroatoms. The van der Waals surface area contributed by atoms with Crippen LogP contribution in [0, 0.1) is 0 Å². The molecule has 0 aromatic heterocycles. The lowest BCUT2D eigenvalue weighted by molar-refractivity contribution is 0.204. The van der Waals surface area contributed by atoms with Crippen LogP contribution in [0.25, 0.3) is 0 Å². The van der Waals surface area contributed by atoms with Crippen LogP contribution in [0.15, 0.2) is 4.99 Å². The smallest absolute Gasteiger partial charge is 0.188 e. The van der Waals surface area contributed by atoms with Crippen LogP contribution in [0.5, 0.6) is 0 Å². The summed E-state index contributed by atoms with van der Waals surface area (Å²) in [4.78, 5) is 3.97. The Morgan fingerprint density at radius 3 is 2.71 bits per heavy atom. The van der Waals surface area contributed by atoms with Gasteiger partial charge < -0.3 is 16.2 Å². The van der Waals surface area contributed by atoms with Gasteiger partial charge in [0.2, 0.25) is 0 Å². The third kappa shape index (κ3) is 9.32. The molecule has 0 heterocycles. The first-order chi connectivity index (χ1) is 6.66. The molecule has 0 fully saturated rings. The van der Waals surface area contributed by atoms with Gasteiger partial charge in [-0.2, -0.15) is 0 Å². The first-order valence-corrected chi connectivity index (χ1v) is 5.38. The molecule has 0 amide bonds. The van der Waals surface area contributed by atoms with Crippen molar-refractivity contribution in [3.8, 4) is 0 Å². The van der Waals surface area contributed by atoms with Crippen LogP contribution >= 0.6 is 0 Å². The van der Waals surface area contributed by atoms with Gasteiger partial charge in [0.05, 0.1) is 12.6 Å². The highest BCUT2D eigenvalue weighted by atomic mass is 16.3. The van der Waals surface area contributed by atoms with Crippen molar-refractivity contribution in [2.24, 2.45) is 10.7 Å². The van der Waals surface area contributed by atoms with E-state index in [0.717, 1.165) is 13.0 Å². The van der Waals surface area contributed by atoms with Crippen LogP contribution in [0.3, 0.4) is 0 Å². The summed E-state index contributed by atoms with van der Waals surface area (Å²) in [6, 6.07) is 0. The average Bonchev–Trinajstić information content (AvgIpc) is 2.14. The fourth-order valence-electron chi connectivity index (χ4n) is 1.05. The van der Waals surface area contributed by atoms with Crippen molar-refractivity contribution >= 4 is 5.96 Å². The van der Waals surface area contributed by atoms with Crippen LogP contribution in [-0.4, -0.2) is 30.3 Å². The molecule has 1 atom stereocenters. The summed E-state index contributed by atoms with van der Waals surface area (Å²) in [7, 11) is 0. The number of hydrogen-bond acceptors (Lipinski definition) is 2. The molecule has 0 aliphatic rings. The highest BCUT2D eigenvalue weighted by Crippen LogP contribution is 1.96. The summed E-state index contributed by atoms with van der Waals surface area (Å²) >= 11 is 0. The lowest BCUT2D eigenvalue weighted by Crippen LogP contribution is -2.33. The molecule has 0 aromatic rings. The highest BCUT2D eigenvalue weighted by Gasteiger charge is 1.94. The molecule has 0 saturated carbocycles. The molecule has 1 unspecified atom stereocenters. The Labute approximate surface area is 86.6 Å². The van der Waals surface area contributed by atoms with E-state index in [-0.39, 0.29) is 0 Å². The Morgan fingerprint density at radius 2 is 2.14 bits per heavy atom. The maximum Gasteiger partial charge on any atom is 0.188 e. The monoisotopic (exact) mass is 201 g/mol. The van der Waals surface area contributed by atoms with Crippen molar-refractivity contribution in [2.75, 3.05) is 13.1 Å². The third-order valence-corrected chi connectivity index (χ3v) is 1.86. The van der Waals surface area contributed by atoms with Crippen LogP contribution in [0.2, 0.25) is 0 Å². The largest absolute Gasteiger partial charge is 0.391 e. The maximum absolute atomic E-state index is 8.95. The van der Waals surface area contributed by atoms with E-state index in [2.05, 4.69) is 17.2 Å². The van der Waals surface area contributed by atoms with Gasteiger partial charge in [-0.1, -0.05) is 26.2 Å². The molecule has 4 N–H and O–H groups in total. The Bertz CT molecular complexity index is 157. The van der Waals surface area contributed by atoms with E-state index >= 15 is 0 Å². The molecule has 4 nitrogen and oxygen atoms in total. The summed E-state index contributed by atoms with van der Waals surface area (Å²) in [6.45, 7) is 5.12. The Morgan fingerprint density at radius 1 is 1.43 bits per heavy atom. The van der Waals surface area contributed by atoms with E-state index in [1.807, 2.05) is 0 Å². The average molecular weight is 201 g/mol. The second-order valence-corrected chi connectivity index (χ2v) is 3.56. The van der Waals surface area contributed by atoms with Crippen LogP contribution < -0.4 is 11.1 Å². The predicted molar refractivity (Wildman–Crippen MR) is 60.3 cm³/mol. The zero-order chi connectivity index (χ0) is 10.8. The molecule has 0 saturated heterocycles. The molecule has 0 bridgehead atoms. The molecule has 14 heavy (non-hydrogen) atoms. The number of nitrogens with two attached hydrogens (primary N) is 1. The van der Waals surface area contributed by atoms with E-state index in [4.69, 9.17) is 10.8 Å². The van der Waals surface area contributed by atoms with Gasteiger partial charge in [-0.15, -0.1) is 0 Å². The molecule has 0 aromatic carbocycles. The second-order valence-electron chi connectivity index (χ2n) is 3.56. The lowest BCUT2D eigenvalue weighted by Gasteiger charge is -2.05. The van der Waals surface area contributed by atoms with Crippen LogP contribution in [0.1, 0.15) is 39.5 Å². The van der Waals surface area contributed by atoms with E-state index in [1.165, 1.54) is 19.3 Å². The number of aliphatic hydroxyl groups is 1. The lowest BCUT2D eigenvalue weighted by atomic mass is 10.2. The fourth-order valence-corrected chi connectivity index (χ4v) is 1.05. The van der Waals surface area contributed by atoms with Crippen LogP contribution in [-0.2, 0) is 0 Å². The van der Waals surface area contributed by atoms with Gasteiger partial charge in [-0.05, 0) is 13.3 Å². The standard InChI is InChI=1S/C10H23N3O/c1-3-4-5-6-7-12-10(11)13-8-9(2)14/h9,14H,3-8H2,1-2H3,(H3,11,12,13). The van der Waals surface area contributed by atoms with Gasteiger partial charge in [0.25, 0.3) is 0 Å². The Kier molecular flexibility index (Phi) is 8.33. The van der Waals surface area contributed by atoms with Crippen molar-refractivity contribution in [3.05, 3.63) is 0 Å². The zero-order valence-electron chi connectivity index (χ0n) is 9.29. The Hall–Kier alpha value is -0.770. The SMILES string of the molecule is CCCCCCNC(N)=NCC(C)O. The minimum Gasteiger partial charge on any atom is -0.391 e. The van der Waals surface area contributed by atoms with Crippen LogP contribution in [0.4, 0.5) is 0 Å². The number of guanidine groups is 1. The number of nitrogens with zero attached hydrogens (tertiary/aromatic N) is 1. The number of unbranched alkanes of at least 4 members (excludes halogenated alkanes) is 3.